The van der Waals surface area contributed by atoms with Crippen molar-refractivity contribution >= 4 is 23.4 Å². The molecule has 0 saturated carbocycles. The lowest BCUT2D eigenvalue weighted by molar-refractivity contribution is -0.121. The number of carbonyl (C=O) groups is 2. The smallest absolute Gasteiger partial charge is 0.352 e. The lowest BCUT2D eigenvalue weighted by atomic mass is 9.99. The fraction of sp³-hybridized carbons (Fsp3) is 0.286. The third-order valence-electron chi connectivity index (χ3n) is 3.58. The fourth-order valence-corrected chi connectivity index (χ4v) is 3.16. The van der Waals surface area contributed by atoms with Crippen LogP contribution < -0.4 is 5.73 Å². The molecule has 0 fully saturated rings. The van der Waals surface area contributed by atoms with Crippen LogP contribution in [-0.4, -0.2) is 27.6 Å². The van der Waals surface area contributed by atoms with E-state index < -0.39 is 23.9 Å². The number of esters is 1. The molecular weight excluding hydrogens is 290 g/mol. The average molecular weight is 303 g/mol. The van der Waals surface area contributed by atoms with Crippen molar-refractivity contribution in [1.82, 2.24) is 9.59 Å². The summed E-state index contributed by atoms with van der Waals surface area (Å²) >= 11 is 0.983. The summed E-state index contributed by atoms with van der Waals surface area (Å²) < 4.78 is 9.19. The Morgan fingerprint density at radius 2 is 2.14 bits per heavy atom. The van der Waals surface area contributed by atoms with Gasteiger partial charge in [0.15, 0.2) is 4.88 Å². The van der Waals surface area contributed by atoms with E-state index in [4.69, 9.17) is 10.5 Å². The predicted octanol–water partition coefficient (Wildman–Crippen LogP) is 1.20. The molecule has 1 aliphatic rings. The van der Waals surface area contributed by atoms with Gasteiger partial charge in [-0.25, -0.2) is 4.79 Å². The van der Waals surface area contributed by atoms with Gasteiger partial charge in [0.25, 0.3) is 0 Å². The maximum Gasteiger partial charge on any atom is 0.352 e. The topological polar surface area (TPSA) is 95.2 Å². The van der Waals surface area contributed by atoms with E-state index in [2.05, 4.69) is 9.59 Å². The van der Waals surface area contributed by atoms with Crippen molar-refractivity contribution in [2.75, 3.05) is 0 Å². The van der Waals surface area contributed by atoms with Crippen molar-refractivity contribution in [3.8, 4) is 0 Å². The SMILES string of the molecule is Cc1nnsc1C(=O)OC1Cc2ccccc2C1C(N)=O. The molecule has 0 aliphatic heterocycles. The fourth-order valence-electron chi connectivity index (χ4n) is 2.61. The summed E-state index contributed by atoms with van der Waals surface area (Å²) in [4.78, 5) is 24.2. The first kappa shape index (κ1) is 13.7. The second kappa shape index (κ2) is 5.25. The Morgan fingerprint density at radius 3 is 2.81 bits per heavy atom. The van der Waals surface area contributed by atoms with Crippen molar-refractivity contribution in [2.24, 2.45) is 5.73 Å². The van der Waals surface area contributed by atoms with Crippen molar-refractivity contribution in [1.29, 1.82) is 0 Å². The molecule has 6 nitrogen and oxygen atoms in total. The number of primary amides is 1. The van der Waals surface area contributed by atoms with E-state index in [9.17, 15) is 9.59 Å². The van der Waals surface area contributed by atoms with Crippen molar-refractivity contribution < 1.29 is 14.3 Å². The molecule has 0 radical (unpaired) electrons. The maximum atomic E-state index is 12.2. The summed E-state index contributed by atoms with van der Waals surface area (Å²) in [5.74, 6) is -1.60. The second-order valence-corrected chi connectivity index (χ2v) is 5.67. The number of hydrogen-bond donors (Lipinski definition) is 1. The summed E-state index contributed by atoms with van der Waals surface area (Å²) in [6, 6.07) is 7.49. The van der Waals surface area contributed by atoms with Crippen LogP contribution in [0.4, 0.5) is 0 Å². The van der Waals surface area contributed by atoms with Crippen LogP contribution in [0.5, 0.6) is 0 Å². The molecule has 3 rings (SSSR count). The lowest BCUT2D eigenvalue weighted by Crippen LogP contribution is -2.32. The molecule has 7 heteroatoms. The predicted molar refractivity (Wildman–Crippen MR) is 75.9 cm³/mol. The van der Waals surface area contributed by atoms with Crippen LogP contribution in [0, 0.1) is 6.92 Å². The van der Waals surface area contributed by atoms with Gasteiger partial charge >= 0.3 is 5.97 Å². The van der Waals surface area contributed by atoms with E-state index >= 15 is 0 Å². The van der Waals surface area contributed by atoms with Gasteiger partial charge in [0.2, 0.25) is 5.91 Å². The first-order valence-corrected chi connectivity index (χ1v) is 7.22. The quantitative estimate of drug-likeness (QED) is 0.860. The largest absolute Gasteiger partial charge is 0.457 e. The third kappa shape index (κ3) is 2.40. The number of aryl methyl sites for hydroxylation is 1. The molecule has 1 aliphatic carbocycles. The van der Waals surface area contributed by atoms with Crippen LogP contribution in [0.3, 0.4) is 0 Å². The van der Waals surface area contributed by atoms with Gasteiger partial charge in [0.1, 0.15) is 12.0 Å². The van der Waals surface area contributed by atoms with Gasteiger partial charge in [0.05, 0.1) is 5.69 Å². The number of amides is 1. The van der Waals surface area contributed by atoms with Crippen LogP contribution in [-0.2, 0) is 16.0 Å². The zero-order valence-corrected chi connectivity index (χ0v) is 12.1. The third-order valence-corrected chi connectivity index (χ3v) is 4.39. The Kier molecular flexibility index (Phi) is 3.42. The van der Waals surface area contributed by atoms with E-state index in [1.54, 1.807) is 6.92 Å². The molecule has 1 heterocycles. The number of rotatable bonds is 3. The van der Waals surface area contributed by atoms with Gasteiger partial charge in [-0.05, 0) is 29.6 Å². The van der Waals surface area contributed by atoms with Crippen LogP contribution in [0.2, 0.25) is 0 Å². The van der Waals surface area contributed by atoms with E-state index in [0.29, 0.717) is 17.0 Å². The summed E-state index contributed by atoms with van der Waals surface area (Å²) in [5.41, 5.74) is 7.82. The van der Waals surface area contributed by atoms with Crippen LogP contribution >= 0.6 is 11.5 Å². The van der Waals surface area contributed by atoms with Gasteiger partial charge in [-0.3, -0.25) is 4.79 Å². The van der Waals surface area contributed by atoms with E-state index in [0.717, 1.165) is 22.7 Å². The number of carbonyl (C=O) groups excluding carboxylic acids is 2. The zero-order valence-electron chi connectivity index (χ0n) is 11.3. The molecule has 108 valence electrons. The first-order chi connectivity index (χ1) is 10.1. The lowest BCUT2D eigenvalue weighted by Gasteiger charge is -2.17. The summed E-state index contributed by atoms with van der Waals surface area (Å²) in [6.45, 7) is 1.69. The van der Waals surface area contributed by atoms with Crippen LogP contribution in [0.15, 0.2) is 24.3 Å². The Morgan fingerprint density at radius 1 is 1.38 bits per heavy atom. The number of ether oxygens (including phenoxy) is 1. The minimum absolute atomic E-state index is 0.356. The van der Waals surface area contributed by atoms with E-state index in [1.807, 2.05) is 24.3 Å². The normalized spacial score (nSPS) is 20.0. The van der Waals surface area contributed by atoms with Crippen LogP contribution in [0.25, 0.3) is 0 Å². The molecule has 1 amide bonds. The van der Waals surface area contributed by atoms with Gasteiger partial charge in [-0.15, -0.1) is 5.10 Å². The highest BCUT2D eigenvalue weighted by Gasteiger charge is 2.39. The van der Waals surface area contributed by atoms with Crippen molar-refractivity contribution in [3.63, 3.8) is 0 Å². The Labute approximate surface area is 125 Å². The highest BCUT2D eigenvalue weighted by molar-refractivity contribution is 7.07. The number of nitrogens with zero attached hydrogens (tertiary/aromatic N) is 2. The number of aromatic nitrogens is 2. The Hall–Kier alpha value is -2.28. The molecule has 1 aromatic heterocycles. The van der Waals surface area contributed by atoms with E-state index in [1.165, 1.54) is 0 Å². The standard InChI is InChI=1S/C14H13N3O3S/c1-7-12(21-17-16-7)14(19)20-10-6-8-4-2-3-5-9(8)11(10)13(15)18/h2-5,10-11H,6H2,1H3,(H2,15,18). The van der Waals surface area contributed by atoms with Gasteiger partial charge in [-0.2, -0.15) is 0 Å². The van der Waals surface area contributed by atoms with Gasteiger partial charge in [0, 0.05) is 6.42 Å². The average Bonchev–Trinajstić information content (AvgIpc) is 3.01. The Bertz CT molecular complexity index is 713. The molecule has 0 bridgehead atoms. The maximum absolute atomic E-state index is 12.2. The molecular formula is C14H13N3O3S. The molecule has 2 atom stereocenters. The number of nitrogens with two attached hydrogens (primary N) is 1. The second-order valence-electron chi connectivity index (χ2n) is 4.91. The summed E-state index contributed by atoms with van der Waals surface area (Å²) in [5, 5.41) is 3.78. The molecule has 2 N–H and O–H groups in total. The zero-order chi connectivity index (χ0) is 15.0. The number of hydrogen-bond acceptors (Lipinski definition) is 6. The minimum atomic E-state index is -0.605. The highest BCUT2D eigenvalue weighted by Crippen LogP contribution is 2.35. The molecule has 2 aromatic rings. The molecule has 0 spiro atoms. The van der Waals surface area contributed by atoms with Crippen molar-refractivity contribution in [2.45, 2.75) is 25.4 Å². The minimum Gasteiger partial charge on any atom is -0.457 e. The molecule has 2 unspecified atom stereocenters. The van der Waals surface area contributed by atoms with Gasteiger partial charge < -0.3 is 10.5 Å². The van der Waals surface area contributed by atoms with Gasteiger partial charge in [-0.1, -0.05) is 28.8 Å². The summed E-state index contributed by atoms with van der Waals surface area (Å²) in [7, 11) is 0. The van der Waals surface area contributed by atoms with Crippen molar-refractivity contribution in [3.05, 3.63) is 46.0 Å². The van der Waals surface area contributed by atoms with Crippen LogP contribution in [0.1, 0.15) is 32.4 Å². The number of benzene rings is 1. The summed E-state index contributed by atoms with van der Waals surface area (Å²) in [6.07, 6.45) is -0.0882. The monoisotopic (exact) mass is 303 g/mol. The highest BCUT2D eigenvalue weighted by atomic mass is 32.1. The Balaban J connectivity index is 1.85. The first-order valence-electron chi connectivity index (χ1n) is 6.45. The molecule has 0 saturated heterocycles. The molecule has 21 heavy (non-hydrogen) atoms. The number of fused-ring (bicyclic) bond motifs is 1. The van der Waals surface area contributed by atoms with E-state index in [-0.39, 0.29) is 0 Å². The molecule has 1 aromatic carbocycles.